The van der Waals surface area contributed by atoms with Gasteiger partial charge in [0.2, 0.25) is 0 Å². The molecule has 26 heavy (non-hydrogen) atoms. The number of rotatable bonds is 4. The van der Waals surface area contributed by atoms with Crippen LogP contribution in [-0.2, 0) is 6.18 Å². The monoisotopic (exact) mass is 366 g/mol. The molecule has 1 aromatic carbocycles. The fraction of sp³-hybridized carbons (Fsp3) is 0.444. The first-order valence-electron chi connectivity index (χ1n) is 8.58. The lowest BCUT2D eigenvalue weighted by atomic mass is 9.99. The van der Waals surface area contributed by atoms with Gasteiger partial charge >= 0.3 is 6.18 Å². The Bertz CT molecular complexity index is 779. The zero-order valence-electron chi connectivity index (χ0n) is 14.4. The highest BCUT2D eigenvalue weighted by atomic mass is 19.4. The molecule has 3 rings (SSSR count). The van der Waals surface area contributed by atoms with Crippen LogP contribution >= 0.6 is 0 Å². The van der Waals surface area contributed by atoms with E-state index in [1.165, 1.54) is 0 Å². The van der Waals surface area contributed by atoms with Gasteiger partial charge in [0.15, 0.2) is 5.69 Å². The molecule has 1 aromatic heterocycles. The first-order valence-corrected chi connectivity index (χ1v) is 8.58. The summed E-state index contributed by atoms with van der Waals surface area (Å²) in [5, 5.41) is 9.70. The van der Waals surface area contributed by atoms with E-state index in [0.29, 0.717) is 17.8 Å². The highest BCUT2D eigenvalue weighted by Gasteiger charge is 2.40. The average molecular weight is 366 g/mol. The second kappa shape index (κ2) is 7.49. The highest BCUT2D eigenvalue weighted by Crippen LogP contribution is 2.34. The molecule has 1 aliphatic rings. The van der Waals surface area contributed by atoms with Crippen LogP contribution in [0, 0.1) is 12.8 Å². The van der Waals surface area contributed by atoms with Gasteiger partial charge in [0.05, 0.1) is 17.4 Å². The van der Waals surface area contributed by atoms with Crippen molar-refractivity contribution in [1.29, 1.82) is 0 Å². The van der Waals surface area contributed by atoms with Crippen LogP contribution < -0.4 is 10.6 Å². The van der Waals surface area contributed by atoms with Crippen molar-refractivity contribution in [3.63, 3.8) is 0 Å². The molecular weight excluding hydrogens is 345 g/mol. The van der Waals surface area contributed by atoms with E-state index in [1.807, 2.05) is 0 Å². The molecule has 140 valence electrons. The molecule has 1 unspecified atom stereocenters. The van der Waals surface area contributed by atoms with Gasteiger partial charge in [-0.2, -0.15) is 18.3 Å². The van der Waals surface area contributed by atoms with Crippen molar-refractivity contribution in [2.24, 2.45) is 5.92 Å². The summed E-state index contributed by atoms with van der Waals surface area (Å²) in [5.41, 5.74) is -0.563. The fourth-order valence-corrected chi connectivity index (χ4v) is 3.20. The SMILES string of the molecule is Cc1ccccc1-n1ncc(C(=O)NCC2CCCNC2)c1C(F)(F)F. The van der Waals surface area contributed by atoms with E-state index >= 15 is 0 Å². The molecular formula is C18H21F3N4O. The lowest BCUT2D eigenvalue weighted by Gasteiger charge is -2.23. The lowest BCUT2D eigenvalue weighted by molar-refractivity contribution is -0.143. The Labute approximate surface area is 149 Å². The second-order valence-corrected chi connectivity index (χ2v) is 6.53. The third-order valence-electron chi connectivity index (χ3n) is 4.58. The molecule has 2 N–H and O–H groups in total. The Hall–Kier alpha value is -2.35. The third-order valence-corrected chi connectivity index (χ3v) is 4.58. The molecule has 1 fully saturated rings. The molecule has 2 aromatic rings. The number of para-hydroxylation sites is 1. The van der Waals surface area contributed by atoms with Gasteiger partial charge < -0.3 is 10.6 Å². The maximum absolute atomic E-state index is 13.7. The fourth-order valence-electron chi connectivity index (χ4n) is 3.20. The number of nitrogens with zero attached hydrogens (tertiary/aromatic N) is 2. The van der Waals surface area contributed by atoms with Crippen molar-refractivity contribution in [2.75, 3.05) is 19.6 Å². The summed E-state index contributed by atoms with van der Waals surface area (Å²) in [6.07, 6.45) is -1.76. The number of piperidine rings is 1. The van der Waals surface area contributed by atoms with Crippen molar-refractivity contribution in [2.45, 2.75) is 25.9 Å². The smallest absolute Gasteiger partial charge is 0.352 e. The summed E-state index contributed by atoms with van der Waals surface area (Å²) in [6.45, 7) is 3.74. The molecule has 0 spiro atoms. The van der Waals surface area contributed by atoms with E-state index < -0.39 is 23.3 Å². The zero-order chi connectivity index (χ0) is 18.7. The highest BCUT2D eigenvalue weighted by molar-refractivity contribution is 5.95. The van der Waals surface area contributed by atoms with Crippen LogP contribution in [-0.4, -0.2) is 35.3 Å². The van der Waals surface area contributed by atoms with E-state index in [9.17, 15) is 18.0 Å². The van der Waals surface area contributed by atoms with Crippen LogP contribution in [0.1, 0.15) is 34.5 Å². The van der Waals surface area contributed by atoms with Gasteiger partial charge in [0.25, 0.3) is 5.91 Å². The number of halogens is 3. The summed E-state index contributed by atoms with van der Waals surface area (Å²) in [5.74, 6) is -0.517. The standard InChI is InChI=1S/C18H21F3N4O/c1-12-5-2-3-7-15(12)25-16(18(19,20)21)14(11-24-25)17(26)23-10-13-6-4-8-22-9-13/h2-3,5,7,11,13,22H,4,6,8-10H2,1H3,(H,23,26). The van der Waals surface area contributed by atoms with E-state index in [1.54, 1.807) is 31.2 Å². The number of carbonyl (C=O) groups excluding carboxylic acids is 1. The summed E-state index contributed by atoms with van der Waals surface area (Å²) in [6, 6.07) is 6.63. The Morgan fingerprint density at radius 3 is 2.81 bits per heavy atom. The molecule has 1 amide bonds. The normalized spacial score (nSPS) is 17.9. The number of aromatic nitrogens is 2. The topological polar surface area (TPSA) is 59.0 Å². The summed E-state index contributed by atoms with van der Waals surface area (Å²) in [7, 11) is 0. The van der Waals surface area contributed by atoms with Gasteiger partial charge in [-0.05, 0) is 50.4 Å². The molecule has 8 heteroatoms. The van der Waals surface area contributed by atoms with Crippen LogP contribution in [0.3, 0.4) is 0 Å². The molecule has 1 saturated heterocycles. The molecule has 0 bridgehead atoms. The number of nitrogens with one attached hydrogen (secondary N) is 2. The molecule has 1 atom stereocenters. The molecule has 2 heterocycles. The number of benzene rings is 1. The Morgan fingerprint density at radius 1 is 1.38 bits per heavy atom. The van der Waals surface area contributed by atoms with Crippen LogP contribution in [0.25, 0.3) is 5.69 Å². The third kappa shape index (κ3) is 3.90. The molecule has 1 aliphatic heterocycles. The largest absolute Gasteiger partial charge is 0.434 e. The predicted molar refractivity (Wildman–Crippen MR) is 91.2 cm³/mol. The number of carbonyl (C=O) groups is 1. The van der Waals surface area contributed by atoms with Gasteiger partial charge in [-0.3, -0.25) is 4.79 Å². The molecule has 0 aliphatic carbocycles. The summed E-state index contributed by atoms with van der Waals surface area (Å²) < 4.78 is 41.8. The quantitative estimate of drug-likeness (QED) is 0.875. The number of aryl methyl sites for hydroxylation is 1. The summed E-state index contributed by atoms with van der Waals surface area (Å²) >= 11 is 0. The number of alkyl halides is 3. The van der Waals surface area contributed by atoms with Crippen molar-refractivity contribution in [3.8, 4) is 5.69 Å². The van der Waals surface area contributed by atoms with Gasteiger partial charge in [0.1, 0.15) is 0 Å². The first kappa shape index (κ1) is 18.4. The predicted octanol–water partition coefficient (Wildman–Crippen LogP) is 2.93. The molecule has 0 radical (unpaired) electrons. The number of hydrogen-bond donors (Lipinski definition) is 2. The Morgan fingerprint density at radius 2 is 2.15 bits per heavy atom. The van der Waals surface area contributed by atoms with Crippen LogP contribution in [0.4, 0.5) is 13.2 Å². The molecule has 0 saturated carbocycles. The summed E-state index contributed by atoms with van der Waals surface area (Å²) in [4.78, 5) is 12.4. The van der Waals surface area contributed by atoms with Crippen LogP contribution in [0.2, 0.25) is 0 Å². The number of amides is 1. The van der Waals surface area contributed by atoms with Gasteiger partial charge in [-0.25, -0.2) is 4.68 Å². The number of hydrogen-bond acceptors (Lipinski definition) is 3. The van der Waals surface area contributed by atoms with Crippen molar-refractivity contribution >= 4 is 5.91 Å². The maximum Gasteiger partial charge on any atom is 0.434 e. The van der Waals surface area contributed by atoms with E-state index in [-0.39, 0.29) is 5.92 Å². The Balaban J connectivity index is 1.87. The lowest BCUT2D eigenvalue weighted by Crippen LogP contribution is -2.38. The van der Waals surface area contributed by atoms with Crippen molar-refractivity contribution in [1.82, 2.24) is 20.4 Å². The average Bonchev–Trinajstić information content (AvgIpc) is 3.06. The van der Waals surface area contributed by atoms with Gasteiger partial charge in [-0.15, -0.1) is 0 Å². The minimum Gasteiger partial charge on any atom is -0.352 e. The first-order chi connectivity index (χ1) is 12.4. The van der Waals surface area contributed by atoms with E-state index in [0.717, 1.165) is 36.8 Å². The minimum atomic E-state index is -4.70. The van der Waals surface area contributed by atoms with Crippen LogP contribution in [0.5, 0.6) is 0 Å². The van der Waals surface area contributed by atoms with E-state index in [2.05, 4.69) is 15.7 Å². The molecule has 5 nitrogen and oxygen atoms in total. The van der Waals surface area contributed by atoms with E-state index in [4.69, 9.17) is 0 Å². The zero-order valence-corrected chi connectivity index (χ0v) is 14.4. The van der Waals surface area contributed by atoms with Crippen molar-refractivity contribution in [3.05, 3.63) is 47.3 Å². The van der Waals surface area contributed by atoms with Crippen LogP contribution in [0.15, 0.2) is 30.5 Å². The maximum atomic E-state index is 13.7. The van der Waals surface area contributed by atoms with Gasteiger partial charge in [-0.1, -0.05) is 18.2 Å². The van der Waals surface area contributed by atoms with Crippen molar-refractivity contribution < 1.29 is 18.0 Å². The van der Waals surface area contributed by atoms with Gasteiger partial charge in [0, 0.05) is 6.54 Å². The Kier molecular flexibility index (Phi) is 5.31. The minimum absolute atomic E-state index is 0.230. The second-order valence-electron chi connectivity index (χ2n) is 6.53.